The molecule has 0 radical (unpaired) electrons. The second-order valence-electron chi connectivity index (χ2n) is 5.53. The van der Waals surface area contributed by atoms with E-state index >= 15 is 0 Å². The third-order valence-electron chi connectivity index (χ3n) is 3.41. The molecule has 0 aliphatic carbocycles. The largest absolute Gasteiger partial charge is 0.491 e. The summed E-state index contributed by atoms with van der Waals surface area (Å²) in [6.45, 7) is 5.77. The predicted octanol–water partition coefficient (Wildman–Crippen LogP) is 2.35. The molecule has 20 heavy (non-hydrogen) atoms. The Hall–Kier alpha value is -1.55. The van der Waals surface area contributed by atoms with Crippen molar-refractivity contribution in [3.8, 4) is 5.75 Å². The molecule has 1 aliphatic rings. The summed E-state index contributed by atoms with van der Waals surface area (Å²) in [6, 6.07) is 7.90. The lowest BCUT2D eigenvalue weighted by Crippen LogP contribution is -2.30. The summed E-state index contributed by atoms with van der Waals surface area (Å²) in [4.78, 5) is 12.1. The molecule has 0 spiro atoms. The minimum atomic E-state index is -0.0304. The van der Waals surface area contributed by atoms with Crippen LogP contribution >= 0.6 is 0 Å². The SMILES string of the molecule is CC(C)Oc1cccc(C(=O)NCCC2CCCN2)c1. The van der Waals surface area contributed by atoms with Crippen molar-refractivity contribution in [3.63, 3.8) is 0 Å². The summed E-state index contributed by atoms with van der Waals surface area (Å²) in [7, 11) is 0. The predicted molar refractivity (Wildman–Crippen MR) is 80.2 cm³/mol. The summed E-state index contributed by atoms with van der Waals surface area (Å²) >= 11 is 0. The van der Waals surface area contributed by atoms with E-state index in [4.69, 9.17) is 4.74 Å². The molecule has 0 bridgehead atoms. The molecule has 1 aromatic rings. The number of carbonyl (C=O) groups excluding carboxylic acids is 1. The highest BCUT2D eigenvalue weighted by Crippen LogP contribution is 2.15. The maximum absolute atomic E-state index is 12.1. The maximum atomic E-state index is 12.1. The molecule has 4 heteroatoms. The number of hydrogen-bond donors (Lipinski definition) is 2. The van der Waals surface area contributed by atoms with E-state index in [0.29, 0.717) is 18.2 Å². The third kappa shape index (κ3) is 4.53. The number of rotatable bonds is 6. The average molecular weight is 276 g/mol. The van der Waals surface area contributed by atoms with Gasteiger partial charge in [-0.05, 0) is 57.9 Å². The van der Waals surface area contributed by atoms with Crippen molar-refractivity contribution in [1.29, 1.82) is 0 Å². The second kappa shape index (κ2) is 7.29. The zero-order valence-corrected chi connectivity index (χ0v) is 12.3. The van der Waals surface area contributed by atoms with Crippen LogP contribution in [0.4, 0.5) is 0 Å². The first-order valence-electron chi connectivity index (χ1n) is 7.43. The molecule has 0 aromatic heterocycles. The van der Waals surface area contributed by atoms with Crippen molar-refractivity contribution >= 4 is 5.91 Å². The lowest BCUT2D eigenvalue weighted by molar-refractivity contribution is 0.0951. The Morgan fingerprint density at radius 1 is 1.50 bits per heavy atom. The zero-order valence-electron chi connectivity index (χ0n) is 12.3. The van der Waals surface area contributed by atoms with Crippen LogP contribution in [0.5, 0.6) is 5.75 Å². The Morgan fingerprint density at radius 2 is 2.35 bits per heavy atom. The van der Waals surface area contributed by atoms with Gasteiger partial charge in [-0.15, -0.1) is 0 Å². The van der Waals surface area contributed by atoms with Crippen molar-refractivity contribution in [3.05, 3.63) is 29.8 Å². The van der Waals surface area contributed by atoms with Crippen LogP contribution in [0.3, 0.4) is 0 Å². The van der Waals surface area contributed by atoms with E-state index in [1.54, 1.807) is 6.07 Å². The fourth-order valence-electron chi connectivity index (χ4n) is 2.45. The molecule has 1 fully saturated rings. The lowest BCUT2D eigenvalue weighted by Gasteiger charge is -2.12. The van der Waals surface area contributed by atoms with Gasteiger partial charge in [0.25, 0.3) is 5.91 Å². The number of hydrogen-bond acceptors (Lipinski definition) is 3. The number of amides is 1. The van der Waals surface area contributed by atoms with Crippen molar-refractivity contribution < 1.29 is 9.53 Å². The van der Waals surface area contributed by atoms with Gasteiger partial charge in [-0.25, -0.2) is 0 Å². The Bertz CT molecular complexity index is 440. The summed E-state index contributed by atoms with van der Waals surface area (Å²) in [5.74, 6) is 0.710. The monoisotopic (exact) mass is 276 g/mol. The number of carbonyl (C=O) groups is 1. The van der Waals surface area contributed by atoms with Gasteiger partial charge in [-0.2, -0.15) is 0 Å². The summed E-state index contributed by atoms with van der Waals surface area (Å²) in [5, 5.41) is 6.40. The van der Waals surface area contributed by atoms with Crippen LogP contribution < -0.4 is 15.4 Å². The van der Waals surface area contributed by atoms with Gasteiger partial charge in [0, 0.05) is 18.2 Å². The van der Waals surface area contributed by atoms with Crippen LogP contribution in [0.25, 0.3) is 0 Å². The van der Waals surface area contributed by atoms with Crippen LogP contribution in [-0.2, 0) is 0 Å². The minimum Gasteiger partial charge on any atom is -0.491 e. The second-order valence-corrected chi connectivity index (χ2v) is 5.53. The topological polar surface area (TPSA) is 50.4 Å². The highest BCUT2D eigenvalue weighted by atomic mass is 16.5. The van der Waals surface area contributed by atoms with Gasteiger partial charge in [0.15, 0.2) is 0 Å². The van der Waals surface area contributed by atoms with Gasteiger partial charge in [0.05, 0.1) is 6.10 Å². The minimum absolute atomic E-state index is 0.0304. The molecule has 2 rings (SSSR count). The molecule has 1 saturated heterocycles. The molecular formula is C16H24N2O2. The number of nitrogens with one attached hydrogen (secondary N) is 2. The first-order valence-corrected chi connectivity index (χ1v) is 7.43. The van der Waals surface area contributed by atoms with Crippen LogP contribution in [-0.4, -0.2) is 31.1 Å². The van der Waals surface area contributed by atoms with E-state index in [-0.39, 0.29) is 12.0 Å². The molecule has 1 atom stereocenters. The molecule has 1 amide bonds. The van der Waals surface area contributed by atoms with Crippen molar-refractivity contribution in [2.45, 2.75) is 45.3 Å². The Labute approximate surface area is 120 Å². The van der Waals surface area contributed by atoms with E-state index in [1.165, 1.54) is 12.8 Å². The van der Waals surface area contributed by atoms with Crippen LogP contribution in [0.15, 0.2) is 24.3 Å². The molecule has 1 heterocycles. The molecule has 4 nitrogen and oxygen atoms in total. The summed E-state index contributed by atoms with van der Waals surface area (Å²) < 4.78 is 5.60. The van der Waals surface area contributed by atoms with Gasteiger partial charge in [-0.3, -0.25) is 4.79 Å². The Morgan fingerprint density at radius 3 is 3.05 bits per heavy atom. The molecule has 1 aliphatic heterocycles. The molecule has 0 saturated carbocycles. The molecule has 2 N–H and O–H groups in total. The fourth-order valence-corrected chi connectivity index (χ4v) is 2.45. The molecule has 1 unspecified atom stereocenters. The summed E-state index contributed by atoms with van der Waals surface area (Å²) in [6.07, 6.45) is 3.57. The van der Waals surface area contributed by atoms with Gasteiger partial charge in [0.2, 0.25) is 0 Å². The smallest absolute Gasteiger partial charge is 0.251 e. The first-order chi connectivity index (χ1) is 9.65. The van der Waals surface area contributed by atoms with Gasteiger partial charge >= 0.3 is 0 Å². The van der Waals surface area contributed by atoms with Crippen molar-refractivity contribution in [2.24, 2.45) is 0 Å². The number of benzene rings is 1. The van der Waals surface area contributed by atoms with E-state index in [9.17, 15) is 4.79 Å². The molecular weight excluding hydrogens is 252 g/mol. The normalized spacial score (nSPS) is 18.2. The fraction of sp³-hybridized carbons (Fsp3) is 0.562. The van der Waals surface area contributed by atoms with E-state index < -0.39 is 0 Å². The number of ether oxygens (including phenoxy) is 1. The van der Waals surface area contributed by atoms with Gasteiger partial charge in [-0.1, -0.05) is 6.07 Å². The van der Waals surface area contributed by atoms with E-state index in [2.05, 4.69) is 10.6 Å². The van der Waals surface area contributed by atoms with Gasteiger partial charge in [0.1, 0.15) is 5.75 Å². The first kappa shape index (κ1) is 14.9. The van der Waals surface area contributed by atoms with Crippen LogP contribution in [0, 0.1) is 0 Å². The summed E-state index contributed by atoms with van der Waals surface area (Å²) in [5.41, 5.74) is 0.655. The lowest BCUT2D eigenvalue weighted by atomic mass is 10.1. The highest BCUT2D eigenvalue weighted by Gasteiger charge is 2.14. The van der Waals surface area contributed by atoms with Crippen molar-refractivity contribution in [2.75, 3.05) is 13.1 Å². The Kier molecular flexibility index (Phi) is 5.41. The average Bonchev–Trinajstić information content (AvgIpc) is 2.91. The van der Waals surface area contributed by atoms with Gasteiger partial charge < -0.3 is 15.4 Å². The highest BCUT2D eigenvalue weighted by molar-refractivity contribution is 5.94. The standard InChI is InChI=1S/C16H24N2O2/c1-12(2)20-15-7-3-5-13(11-15)16(19)18-10-8-14-6-4-9-17-14/h3,5,7,11-12,14,17H,4,6,8-10H2,1-2H3,(H,18,19). The van der Waals surface area contributed by atoms with E-state index in [1.807, 2.05) is 32.0 Å². The van der Waals surface area contributed by atoms with Crippen LogP contribution in [0.1, 0.15) is 43.5 Å². The van der Waals surface area contributed by atoms with Crippen molar-refractivity contribution in [1.82, 2.24) is 10.6 Å². The molecule has 1 aromatic carbocycles. The molecule has 110 valence electrons. The quantitative estimate of drug-likeness (QED) is 0.838. The van der Waals surface area contributed by atoms with Crippen LogP contribution in [0.2, 0.25) is 0 Å². The third-order valence-corrected chi connectivity index (χ3v) is 3.41. The Balaban J connectivity index is 1.81. The van der Waals surface area contributed by atoms with E-state index in [0.717, 1.165) is 18.7 Å². The zero-order chi connectivity index (χ0) is 14.4. The maximum Gasteiger partial charge on any atom is 0.251 e.